The van der Waals surface area contributed by atoms with Crippen LogP contribution in [0.5, 0.6) is 11.5 Å². The molecule has 0 unspecified atom stereocenters. The predicted octanol–water partition coefficient (Wildman–Crippen LogP) is 4.57. The van der Waals surface area contributed by atoms with Crippen LogP contribution in [0.1, 0.15) is 5.56 Å². The number of hydrogen-bond donors (Lipinski definition) is 2. The molecule has 0 amide bonds. The molecule has 1 aliphatic heterocycles. The molecule has 5 rings (SSSR count). The minimum Gasteiger partial charge on any atom is -0.454 e. The number of fused-ring (bicyclic) bond motifs is 2. The van der Waals surface area contributed by atoms with Crippen molar-refractivity contribution in [2.45, 2.75) is 6.54 Å². The number of imidazole rings is 1. The summed E-state index contributed by atoms with van der Waals surface area (Å²) in [4.78, 5) is 8.04. The van der Waals surface area contributed by atoms with Gasteiger partial charge < -0.3 is 19.8 Å². The van der Waals surface area contributed by atoms with Gasteiger partial charge in [-0.2, -0.15) is 0 Å². The summed E-state index contributed by atoms with van der Waals surface area (Å²) in [5, 5.41) is 3.46. The Labute approximate surface area is 150 Å². The normalized spacial score (nSPS) is 12.5. The fraction of sp³-hybridized carbons (Fsp3) is 0.0952. The molecule has 4 aromatic rings. The molecule has 2 heterocycles. The number of anilines is 1. The lowest BCUT2D eigenvalue weighted by Crippen LogP contribution is -1.99. The van der Waals surface area contributed by atoms with Crippen molar-refractivity contribution < 1.29 is 9.47 Å². The second kappa shape index (κ2) is 6.11. The number of ether oxygens (including phenoxy) is 2. The van der Waals surface area contributed by atoms with Gasteiger partial charge in [-0.3, -0.25) is 0 Å². The zero-order chi connectivity index (χ0) is 17.3. The first-order valence-electron chi connectivity index (χ1n) is 8.53. The van der Waals surface area contributed by atoms with Crippen LogP contribution in [0.3, 0.4) is 0 Å². The lowest BCUT2D eigenvalue weighted by Gasteiger charge is -2.08. The Morgan fingerprint density at radius 1 is 0.923 bits per heavy atom. The SMILES string of the molecule is c1cc(NCc2ccc3c(c2)OCO3)cc(-c2nc3ccccc3[nH]2)c1. The van der Waals surface area contributed by atoms with Crippen LogP contribution in [0.15, 0.2) is 66.7 Å². The van der Waals surface area contributed by atoms with Gasteiger partial charge in [-0.15, -0.1) is 0 Å². The van der Waals surface area contributed by atoms with Crippen molar-refractivity contribution in [1.82, 2.24) is 9.97 Å². The van der Waals surface area contributed by atoms with Crippen LogP contribution in [0.25, 0.3) is 22.4 Å². The van der Waals surface area contributed by atoms with E-state index in [-0.39, 0.29) is 0 Å². The fourth-order valence-corrected chi connectivity index (χ4v) is 3.12. The number of nitrogens with one attached hydrogen (secondary N) is 2. The van der Waals surface area contributed by atoms with Crippen molar-refractivity contribution in [3.8, 4) is 22.9 Å². The van der Waals surface area contributed by atoms with Gasteiger partial charge in [0.2, 0.25) is 6.79 Å². The van der Waals surface area contributed by atoms with Crippen molar-refractivity contribution in [2.24, 2.45) is 0 Å². The van der Waals surface area contributed by atoms with Crippen molar-refractivity contribution in [3.63, 3.8) is 0 Å². The zero-order valence-corrected chi connectivity index (χ0v) is 14.0. The molecule has 0 saturated heterocycles. The van der Waals surface area contributed by atoms with Gasteiger partial charge in [-0.25, -0.2) is 4.98 Å². The standard InChI is InChI=1S/C21H17N3O2/c1-2-7-18-17(6-1)23-21(24-18)15-4-3-5-16(11-15)22-12-14-8-9-19-20(10-14)26-13-25-19/h1-11,22H,12-13H2,(H,23,24). The smallest absolute Gasteiger partial charge is 0.231 e. The fourth-order valence-electron chi connectivity index (χ4n) is 3.12. The van der Waals surface area contributed by atoms with Gasteiger partial charge in [-0.05, 0) is 42.0 Å². The van der Waals surface area contributed by atoms with Crippen LogP contribution in [-0.2, 0) is 6.54 Å². The number of para-hydroxylation sites is 2. The maximum absolute atomic E-state index is 5.43. The van der Waals surface area contributed by atoms with E-state index < -0.39 is 0 Å². The summed E-state index contributed by atoms with van der Waals surface area (Å²) in [6.07, 6.45) is 0. The van der Waals surface area contributed by atoms with E-state index in [4.69, 9.17) is 9.47 Å². The third kappa shape index (κ3) is 2.73. The van der Waals surface area contributed by atoms with Gasteiger partial charge in [0.25, 0.3) is 0 Å². The predicted molar refractivity (Wildman–Crippen MR) is 101 cm³/mol. The van der Waals surface area contributed by atoms with Gasteiger partial charge in [0.05, 0.1) is 11.0 Å². The third-order valence-electron chi connectivity index (χ3n) is 4.46. The molecule has 0 atom stereocenters. The maximum Gasteiger partial charge on any atom is 0.231 e. The topological polar surface area (TPSA) is 59.2 Å². The summed E-state index contributed by atoms with van der Waals surface area (Å²) in [6.45, 7) is 1.01. The second-order valence-corrected chi connectivity index (χ2v) is 6.22. The number of nitrogens with zero attached hydrogens (tertiary/aromatic N) is 1. The van der Waals surface area contributed by atoms with E-state index in [2.05, 4.69) is 33.5 Å². The average Bonchev–Trinajstić information content (AvgIpc) is 3.32. The summed E-state index contributed by atoms with van der Waals surface area (Å²) >= 11 is 0. The Kier molecular flexibility index (Phi) is 3.49. The molecule has 0 saturated carbocycles. The van der Waals surface area contributed by atoms with Crippen LogP contribution in [0.4, 0.5) is 5.69 Å². The third-order valence-corrected chi connectivity index (χ3v) is 4.46. The van der Waals surface area contributed by atoms with Crippen LogP contribution in [0, 0.1) is 0 Å². The Bertz CT molecular complexity index is 1050. The van der Waals surface area contributed by atoms with Crippen LogP contribution < -0.4 is 14.8 Å². The first-order valence-corrected chi connectivity index (χ1v) is 8.53. The molecule has 0 aliphatic carbocycles. The van der Waals surface area contributed by atoms with E-state index in [1.165, 1.54) is 0 Å². The molecule has 5 heteroatoms. The van der Waals surface area contributed by atoms with Crippen LogP contribution >= 0.6 is 0 Å². The number of aromatic amines is 1. The minimum atomic E-state index is 0.297. The lowest BCUT2D eigenvalue weighted by molar-refractivity contribution is 0.174. The number of aromatic nitrogens is 2. The first kappa shape index (κ1) is 14.8. The number of hydrogen-bond acceptors (Lipinski definition) is 4. The highest BCUT2D eigenvalue weighted by atomic mass is 16.7. The molecule has 0 spiro atoms. The van der Waals surface area contributed by atoms with E-state index in [0.717, 1.165) is 45.2 Å². The summed E-state index contributed by atoms with van der Waals surface area (Å²) in [5.41, 5.74) is 5.25. The van der Waals surface area contributed by atoms with E-state index in [1.807, 2.05) is 48.5 Å². The summed E-state index contributed by atoms with van der Waals surface area (Å²) in [6, 6.07) is 22.3. The molecule has 1 aromatic heterocycles. The molecule has 0 bridgehead atoms. The molecular formula is C21H17N3O2. The zero-order valence-electron chi connectivity index (χ0n) is 14.0. The quantitative estimate of drug-likeness (QED) is 0.570. The Balaban J connectivity index is 1.36. The minimum absolute atomic E-state index is 0.297. The Morgan fingerprint density at radius 3 is 2.81 bits per heavy atom. The molecular weight excluding hydrogens is 326 g/mol. The highest BCUT2D eigenvalue weighted by molar-refractivity contribution is 5.79. The van der Waals surface area contributed by atoms with E-state index in [1.54, 1.807) is 0 Å². The molecule has 1 aliphatic rings. The summed E-state index contributed by atoms with van der Waals surface area (Å²) in [5.74, 6) is 2.49. The molecule has 5 nitrogen and oxygen atoms in total. The van der Waals surface area contributed by atoms with E-state index in [9.17, 15) is 0 Å². The summed E-state index contributed by atoms with van der Waals surface area (Å²) < 4.78 is 10.8. The van der Waals surface area contributed by atoms with Gasteiger partial charge in [0.15, 0.2) is 11.5 Å². The van der Waals surface area contributed by atoms with E-state index in [0.29, 0.717) is 13.3 Å². The molecule has 0 fully saturated rings. The maximum atomic E-state index is 5.43. The monoisotopic (exact) mass is 343 g/mol. The van der Waals surface area contributed by atoms with E-state index >= 15 is 0 Å². The number of rotatable bonds is 4. The van der Waals surface area contributed by atoms with Crippen molar-refractivity contribution in [3.05, 3.63) is 72.3 Å². The average molecular weight is 343 g/mol. The van der Waals surface area contributed by atoms with Crippen molar-refractivity contribution in [2.75, 3.05) is 12.1 Å². The highest BCUT2D eigenvalue weighted by Crippen LogP contribution is 2.32. The summed E-state index contributed by atoms with van der Waals surface area (Å²) in [7, 11) is 0. The van der Waals surface area contributed by atoms with Crippen LogP contribution in [-0.4, -0.2) is 16.8 Å². The number of H-pyrrole nitrogens is 1. The van der Waals surface area contributed by atoms with Gasteiger partial charge in [-0.1, -0.05) is 30.3 Å². The van der Waals surface area contributed by atoms with Crippen molar-refractivity contribution in [1.29, 1.82) is 0 Å². The highest BCUT2D eigenvalue weighted by Gasteiger charge is 2.13. The molecule has 128 valence electrons. The van der Waals surface area contributed by atoms with Crippen molar-refractivity contribution >= 4 is 16.7 Å². The molecule has 2 N–H and O–H groups in total. The number of benzene rings is 3. The Morgan fingerprint density at radius 2 is 1.85 bits per heavy atom. The van der Waals surface area contributed by atoms with Crippen LogP contribution in [0.2, 0.25) is 0 Å². The molecule has 0 radical (unpaired) electrons. The largest absolute Gasteiger partial charge is 0.454 e. The Hall–Kier alpha value is -3.47. The molecule has 3 aromatic carbocycles. The second-order valence-electron chi connectivity index (χ2n) is 6.22. The van der Waals surface area contributed by atoms with Gasteiger partial charge in [0.1, 0.15) is 5.82 Å². The van der Waals surface area contributed by atoms with Gasteiger partial charge >= 0.3 is 0 Å². The molecule has 26 heavy (non-hydrogen) atoms. The lowest BCUT2D eigenvalue weighted by atomic mass is 10.1. The first-order chi connectivity index (χ1) is 12.8. The van der Waals surface area contributed by atoms with Gasteiger partial charge in [0, 0.05) is 17.8 Å².